The van der Waals surface area contributed by atoms with Gasteiger partial charge in [0, 0.05) is 17.2 Å². The average Bonchev–Trinajstić information content (AvgIpc) is 2.91. The van der Waals surface area contributed by atoms with Crippen LogP contribution in [0.25, 0.3) is 0 Å². The molecule has 1 heterocycles. The standard InChI is InChI=1S/C15H11F2NO3/c16-12-3-1-2-9(15(12)17)7-20-10-4-5-11-13(18-19)8-21-14(11)6-10/h1-6,19H,7-8H2. The molecule has 1 N–H and O–H groups in total. The zero-order valence-electron chi connectivity index (χ0n) is 10.8. The summed E-state index contributed by atoms with van der Waals surface area (Å²) in [5.41, 5.74) is 1.25. The molecule has 0 atom stereocenters. The molecule has 21 heavy (non-hydrogen) atoms. The van der Waals surface area contributed by atoms with Gasteiger partial charge in [-0.2, -0.15) is 0 Å². The monoisotopic (exact) mass is 291 g/mol. The summed E-state index contributed by atoms with van der Waals surface area (Å²) in [4.78, 5) is 0. The fraction of sp³-hybridized carbons (Fsp3) is 0.133. The molecule has 2 aromatic rings. The van der Waals surface area contributed by atoms with Crippen molar-refractivity contribution in [3.63, 3.8) is 0 Å². The van der Waals surface area contributed by atoms with Gasteiger partial charge in [0.05, 0.1) is 0 Å². The lowest BCUT2D eigenvalue weighted by atomic mass is 10.1. The zero-order valence-corrected chi connectivity index (χ0v) is 10.8. The van der Waals surface area contributed by atoms with Crippen molar-refractivity contribution in [2.45, 2.75) is 6.61 Å². The van der Waals surface area contributed by atoms with E-state index in [0.717, 1.165) is 6.07 Å². The Kier molecular flexibility index (Phi) is 3.43. The Hall–Kier alpha value is -2.63. The normalized spacial score (nSPS) is 14.9. The molecule has 4 nitrogen and oxygen atoms in total. The van der Waals surface area contributed by atoms with E-state index in [1.54, 1.807) is 18.2 Å². The van der Waals surface area contributed by atoms with Crippen LogP contribution in [0, 0.1) is 11.6 Å². The van der Waals surface area contributed by atoms with Crippen molar-refractivity contribution in [2.75, 3.05) is 6.61 Å². The van der Waals surface area contributed by atoms with Crippen LogP contribution >= 0.6 is 0 Å². The van der Waals surface area contributed by atoms with Crippen LogP contribution in [0.1, 0.15) is 11.1 Å². The van der Waals surface area contributed by atoms with Gasteiger partial charge in [0.1, 0.15) is 30.4 Å². The minimum atomic E-state index is -0.912. The molecule has 0 fully saturated rings. The maximum atomic E-state index is 13.5. The van der Waals surface area contributed by atoms with Gasteiger partial charge < -0.3 is 14.7 Å². The molecule has 6 heteroatoms. The first-order chi connectivity index (χ1) is 10.2. The van der Waals surface area contributed by atoms with E-state index in [1.807, 2.05) is 0 Å². The van der Waals surface area contributed by atoms with Crippen LogP contribution in [-0.2, 0) is 6.61 Å². The van der Waals surface area contributed by atoms with Gasteiger partial charge in [0.25, 0.3) is 0 Å². The Morgan fingerprint density at radius 1 is 1.24 bits per heavy atom. The fourth-order valence-electron chi connectivity index (χ4n) is 2.08. The van der Waals surface area contributed by atoms with Crippen LogP contribution in [0.3, 0.4) is 0 Å². The van der Waals surface area contributed by atoms with Crippen molar-refractivity contribution >= 4 is 5.71 Å². The van der Waals surface area contributed by atoms with Crippen LogP contribution in [0.15, 0.2) is 41.6 Å². The summed E-state index contributed by atoms with van der Waals surface area (Å²) in [7, 11) is 0. The third-order valence-electron chi connectivity index (χ3n) is 3.17. The maximum Gasteiger partial charge on any atom is 0.165 e. The van der Waals surface area contributed by atoms with Crippen molar-refractivity contribution in [3.05, 3.63) is 59.2 Å². The van der Waals surface area contributed by atoms with Gasteiger partial charge in [-0.3, -0.25) is 0 Å². The molecule has 0 saturated heterocycles. The second-order valence-corrected chi connectivity index (χ2v) is 4.49. The molecule has 1 aliphatic heterocycles. The van der Waals surface area contributed by atoms with E-state index < -0.39 is 11.6 Å². The highest BCUT2D eigenvalue weighted by atomic mass is 19.2. The van der Waals surface area contributed by atoms with Crippen molar-refractivity contribution in [1.82, 2.24) is 0 Å². The number of halogens is 2. The molecule has 0 aromatic heterocycles. The summed E-state index contributed by atoms with van der Waals surface area (Å²) in [6.07, 6.45) is 0. The van der Waals surface area contributed by atoms with Gasteiger partial charge >= 0.3 is 0 Å². The number of fused-ring (bicyclic) bond motifs is 1. The van der Waals surface area contributed by atoms with E-state index in [0.29, 0.717) is 22.8 Å². The largest absolute Gasteiger partial charge is 0.489 e. The van der Waals surface area contributed by atoms with Crippen LogP contribution in [0.5, 0.6) is 11.5 Å². The molecule has 0 aliphatic carbocycles. The number of nitrogens with zero attached hydrogens (tertiary/aromatic N) is 1. The molecule has 0 saturated carbocycles. The van der Waals surface area contributed by atoms with E-state index in [9.17, 15) is 8.78 Å². The molecule has 108 valence electrons. The van der Waals surface area contributed by atoms with Crippen molar-refractivity contribution in [3.8, 4) is 11.5 Å². The number of rotatable bonds is 3. The van der Waals surface area contributed by atoms with E-state index in [-0.39, 0.29) is 18.8 Å². The molecule has 2 aromatic carbocycles. The molecular weight excluding hydrogens is 280 g/mol. The van der Waals surface area contributed by atoms with Crippen molar-refractivity contribution in [1.29, 1.82) is 0 Å². The number of ether oxygens (including phenoxy) is 2. The smallest absolute Gasteiger partial charge is 0.165 e. The Morgan fingerprint density at radius 2 is 2.10 bits per heavy atom. The Labute approximate surface area is 119 Å². The third-order valence-corrected chi connectivity index (χ3v) is 3.17. The lowest BCUT2D eigenvalue weighted by molar-refractivity contribution is 0.294. The molecule has 0 unspecified atom stereocenters. The highest BCUT2D eigenvalue weighted by Gasteiger charge is 2.20. The molecule has 3 rings (SSSR count). The highest BCUT2D eigenvalue weighted by molar-refractivity contribution is 6.06. The maximum absolute atomic E-state index is 13.5. The van der Waals surface area contributed by atoms with Gasteiger partial charge in [-0.05, 0) is 18.2 Å². The summed E-state index contributed by atoms with van der Waals surface area (Å²) in [5, 5.41) is 11.9. The Balaban J connectivity index is 1.76. The highest BCUT2D eigenvalue weighted by Crippen LogP contribution is 2.30. The summed E-state index contributed by atoms with van der Waals surface area (Å²) < 4.78 is 37.3. The zero-order chi connectivity index (χ0) is 14.8. The topological polar surface area (TPSA) is 51.1 Å². The fourth-order valence-corrected chi connectivity index (χ4v) is 2.08. The summed E-state index contributed by atoms with van der Waals surface area (Å²) in [5.74, 6) is -0.835. The lowest BCUT2D eigenvalue weighted by Gasteiger charge is -2.08. The summed E-state index contributed by atoms with van der Waals surface area (Å²) >= 11 is 0. The molecule has 0 amide bonds. The Morgan fingerprint density at radius 3 is 2.90 bits per heavy atom. The van der Waals surface area contributed by atoms with Gasteiger partial charge in [-0.15, -0.1) is 0 Å². The number of hydrogen-bond acceptors (Lipinski definition) is 4. The number of benzene rings is 2. The van der Waals surface area contributed by atoms with Crippen LogP contribution in [-0.4, -0.2) is 17.5 Å². The van der Waals surface area contributed by atoms with Crippen molar-refractivity contribution < 1.29 is 23.5 Å². The SMILES string of the molecule is ON=C1COc2cc(OCc3cccc(F)c3F)ccc21. The average molecular weight is 291 g/mol. The predicted octanol–water partition coefficient (Wildman–Crippen LogP) is 3.11. The molecule has 0 spiro atoms. The van der Waals surface area contributed by atoms with E-state index >= 15 is 0 Å². The second kappa shape index (κ2) is 5.40. The first kappa shape index (κ1) is 13.4. The first-order valence-corrected chi connectivity index (χ1v) is 6.23. The molecule has 0 bridgehead atoms. The molecule has 0 radical (unpaired) electrons. The lowest BCUT2D eigenvalue weighted by Crippen LogP contribution is -2.01. The van der Waals surface area contributed by atoms with Crippen LogP contribution in [0.2, 0.25) is 0 Å². The minimum absolute atomic E-state index is 0.0939. The van der Waals surface area contributed by atoms with E-state index in [1.165, 1.54) is 12.1 Å². The molecular formula is C15H11F2NO3. The quantitative estimate of drug-likeness (QED) is 0.698. The predicted molar refractivity (Wildman–Crippen MR) is 71.0 cm³/mol. The number of hydrogen-bond donors (Lipinski definition) is 1. The van der Waals surface area contributed by atoms with Crippen molar-refractivity contribution in [2.24, 2.45) is 5.16 Å². The van der Waals surface area contributed by atoms with Gasteiger partial charge in [-0.25, -0.2) is 8.78 Å². The Bertz CT molecular complexity index is 716. The third kappa shape index (κ3) is 2.52. The minimum Gasteiger partial charge on any atom is -0.489 e. The van der Waals surface area contributed by atoms with Gasteiger partial charge in [-0.1, -0.05) is 17.3 Å². The summed E-state index contributed by atoms with van der Waals surface area (Å²) in [6, 6.07) is 8.89. The molecule has 1 aliphatic rings. The summed E-state index contributed by atoms with van der Waals surface area (Å²) in [6.45, 7) is 0.0944. The van der Waals surface area contributed by atoms with Crippen LogP contribution in [0.4, 0.5) is 8.78 Å². The first-order valence-electron chi connectivity index (χ1n) is 6.23. The van der Waals surface area contributed by atoms with E-state index in [4.69, 9.17) is 14.7 Å². The van der Waals surface area contributed by atoms with Gasteiger partial charge in [0.2, 0.25) is 0 Å². The second-order valence-electron chi connectivity index (χ2n) is 4.49. The van der Waals surface area contributed by atoms with E-state index in [2.05, 4.69) is 5.16 Å². The number of oxime groups is 1. The van der Waals surface area contributed by atoms with Gasteiger partial charge in [0.15, 0.2) is 11.6 Å². The van der Waals surface area contributed by atoms with Crippen LogP contribution < -0.4 is 9.47 Å².